The van der Waals surface area contributed by atoms with E-state index in [9.17, 15) is 9.59 Å². The Bertz CT molecular complexity index is 372. The first-order chi connectivity index (χ1) is 10.0. The second-order valence-corrected chi connectivity index (χ2v) is 6.95. The maximum atomic E-state index is 12.8. The molecule has 0 heterocycles. The molecule has 2 rings (SSSR count). The van der Waals surface area contributed by atoms with Crippen LogP contribution >= 0.6 is 0 Å². The smallest absolute Gasteiger partial charge is 0.308 e. The Morgan fingerprint density at radius 2 is 1.81 bits per heavy atom. The Labute approximate surface area is 127 Å². The van der Waals surface area contributed by atoms with Crippen molar-refractivity contribution in [2.24, 2.45) is 17.8 Å². The topological polar surface area (TPSA) is 57.6 Å². The van der Waals surface area contributed by atoms with Crippen LogP contribution in [0.25, 0.3) is 0 Å². The van der Waals surface area contributed by atoms with Crippen LogP contribution in [0.3, 0.4) is 0 Å². The molecule has 2 saturated carbocycles. The highest BCUT2D eigenvalue weighted by molar-refractivity contribution is 5.80. The fourth-order valence-corrected chi connectivity index (χ4v) is 3.50. The third-order valence-corrected chi connectivity index (χ3v) is 5.10. The quantitative estimate of drug-likeness (QED) is 0.747. The molecule has 4 heteroatoms. The number of carbonyl (C=O) groups excluding carboxylic acids is 1. The SMILES string of the molecule is CCC(CC1CCCC1)C(=O)N(CC(C)C(=O)O)C1CC1. The lowest BCUT2D eigenvalue weighted by Gasteiger charge is -2.29. The molecule has 1 N–H and O–H groups in total. The van der Waals surface area contributed by atoms with E-state index in [1.165, 1.54) is 25.7 Å². The lowest BCUT2D eigenvalue weighted by atomic mass is 9.90. The zero-order valence-electron chi connectivity index (χ0n) is 13.4. The minimum absolute atomic E-state index is 0.0923. The maximum Gasteiger partial charge on any atom is 0.308 e. The average Bonchev–Trinajstić information content (AvgIpc) is 3.17. The van der Waals surface area contributed by atoms with Gasteiger partial charge in [0.15, 0.2) is 0 Å². The summed E-state index contributed by atoms with van der Waals surface area (Å²) in [5.41, 5.74) is 0. The van der Waals surface area contributed by atoms with Crippen molar-refractivity contribution in [1.82, 2.24) is 4.90 Å². The van der Waals surface area contributed by atoms with Crippen molar-refractivity contribution >= 4 is 11.9 Å². The van der Waals surface area contributed by atoms with Gasteiger partial charge in [-0.1, -0.05) is 39.5 Å². The number of carbonyl (C=O) groups is 2. The van der Waals surface area contributed by atoms with E-state index in [4.69, 9.17) is 5.11 Å². The second kappa shape index (κ2) is 7.28. The zero-order valence-corrected chi connectivity index (χ0v) is 13.4. The van der Waals surface area contributed by atoms with Crippen LogP contribution in [0.1, 0.15) is 65.2 Å². The molecule has 0 saturated heterocycles. The molecule has 0 bridgehead atoms. The first kappa shape index (κ1) is 16.3. The Hall–Kier alpha value is -1.06. The van der Waals surface area contributed by atoms with E-state index in [1.807, 2.05) is 4.90 Å². The number of aliphatic carboxylic acids is 1. The highest BCUT2D eigenvalue weighted by atomic mass is 16.4. The van der Waals surface area contributed by atoms with Gasteiger partial charge in [-0.15, -0.1) is 0 Å². The second-order valence-electron chi connectivity index (χ2n) is 6.95. The van der Waals surface area contributed by atoms with E-state index in [0.717, 1.165) is 25.7 Å². The third-order valence-electron chi connectivity index (χ3n) is 5.10. The summed E-state index contributed by atoms with van der Waals surface area (Å²) in [6.07, 6.45) is 9.09. The van der Waals surface area contributed by atoms with Gasteiger partial charge in [-0.05, 0) is 31.6 Å². The van der Waals surface area contributed by atoms with Crippen molar-refractivity contribution < 1.29 is 14.7 Å². The average molecular weight is 295 g/mol. The number of carboxylic acid groups (broad SMARTS) is 1. The highest BCUT2D eigenvalue weighted by Crippen LogP contribution is 2.34. The molecule has 0 spiro atoms. The molecule has 4 nitrogen and oxygen atoms in total. The predicted molar refractivity (Wildman–Crippen MR) is 81.9 cm³/mol. The van der Waals surface area contributed by atoms with Crippen molar-refractivity contribution in [3.05, 3.63) is 0 Å². The molecule has 0 radical (unpaired) electrons. The molecule has 120 valence electrons. The Balaban J connectivity index is 1.96. The highest BCUT2D eigenvalue weighted by Gasteiger charge is 2.37. The summed E-state index contributed by atoms with van der Waals surface area (Å²) >= 11 is 0. The minimum atomic E-state index is -0.808. The summed E-state index contributed by atoms with van der Waals surface area (Å²) in [6, 6.07) is 0.303. The monoisotopic (exact) mass is 295 g/mol. The number of hydrogen-bond acceptors (Lipinski definition) is 2. The molecule has 21 heavy (non-hydrogen) atoms. The Kier molecular flexibility index (Phi) is 5.65. The molecule has 2 unspecified atom stereocenters. The van der Waals surface area contributed by atoms with Crippen molar-refractivity contribution in [2.45, 2.75) is 71.3 Å². The first-order valence-electron chi connectivity index (χ1n) is 8.56. The summed E-state index contributed by atoms with van der Waals surface area (Å²) < 4.78 is 0. The lowest BCUT2D eigenvalue weighted by Crippen LogP contribution is -2.42. The number of rotatable bonds is 8. The number of hydrogen-bond donors (Lipinski definition) is 1. The van der Waals surface area contributed by atoms with E-state index < -0.39 is 11.9 Å². The minimum Gasteiger partial charge on any atom is -0.481 e. The van der Waals surface area contributed by atoms with Gasteiger partial charge in [-0.2, -0.15) is 0 Å². The van der Waals surface area contributed by atoms with E-state index in [0.29, 0.717) is 18.5 Å². The molecule has 0 aromatic heterocycles. The molecule has 2 atom stereocenters. The van der Waals surface area contributed by atoms with Gasteiger partial charge >= 0.3 is 5.97 Å². The fraction of sp³-hybridized carbons (Fsp3) is 0.882. The standard InChI is InChI=1S/C17H29NO3/c1-3-14(10-13-6-4-5-7-13)16(19)18(15-8-9-15)11-12(2)17(20)21/h12-15H,3-11H2,1-2H3,(H,20,21). The van der Waals surface area contributed by atoms with Crippen LogP contribution in [-0.4, -0.2) is 34.5 Å². The van der Waals surface area contributed by atoms with Gasteiger partial charge in [0.1, 0.15) is 0 Å². The van der Waals surface area contributed by atoms with Crippen molar-refractivity contribution in [3.63, 3.8) is 0 Å². The molecule has 0 aromatic rings. The van der Waals surface area contributed by atoms with Gasteiger partial charge in [-0.3, -0.25) is 9.59 Å². The number of amides is 1. The van der Waals surface area contributed by atoms with Gasteiger partial charge in [0.2, 0.25) is 5.91 Å². The van der Waals surface area contributed by atoms with E-state index in [2.05, 4.69) is 6.92 Å². The third kappa shape index (κ3) is 4.45. The lowest BCUT2D eigenvalue weighted by molar-refractivity contribution is -0.144. The van der Waals surface area contributed by atoms with Gasteiger partial charge in [0.25, 0.3) is 0 Å². The van der Waals surface area contributed by atoms with Crippen molar-refractivity contribution in [1.29, 1.82) is 0 Å². The van der Waals surface area contributed by atoms with Crippen molar-refractivity contribution in [3.8, 4) is 0 Å². The summed E-state index contributed by atoms with van der Waals surface area (Å²) in [7, 11) is 0. The van der Waals surface area contributed by atoms with Crippen LogP contribution in [0.15, 0.2) is 0 Å². The summed E-state index contributed by atoms with van der Waals surface area (Å²) in [6.45, 7) is 4.16. The van der Waals surface area contributed by atoms with E-state index >= 15 is 0 Å². The van der Waals surface area contributed by atoms with Gasteiger partial charge in [-0.25, -0.2) is 0 Å². The molecule has 2 aliphatic carbocycles. The van der Waals surface area contributed by atoms with Crippen LogP contribution in [-0.2, 0) is 9.59 Å². The summed E-state index contributed by atoms with van der Waals surface area (Å²) in [4.78, 5) is 25.8. The first-order valence-corrected chi connectivity index (χ1v) is 8.56. The van der Waals surface area contributed by atoms with Crippen LogP contribution in [0, 0.1) is 17.8 Å². The van der Waals surface area contributed by atoms with Crippen LogP contribution in [0.5, 0.6) is 0 Å². The maximum absolute atomic E-state index is 12.8. The molecule has 0 aliphatic heterocycles. The Morgan fingerprint density at radius 1 is 1.19 bits per heavy atom. The predicted octanol–water partition coefficient (Wildman–Crippen LogP) is 3.30. The van der Waals surface area contributed by atoms with Gasteiger partial charge < -0.3 is 10.0 Å². The van der Waals surface area contributed by atoms with Crippen molar-refractivity contribution in [2.75, 3.05) is 6.54 Å². The van der Waals surface area contributed by atoms with Crippen LogP contribution < -0.4 is 0 Å². The fourth-order valence-electron chi connectivity index (χ4n) is 3.50. The molecule has 0 aromatic carbocycles. The molecule has 1 amide bonds. The number of carboxylic acids is 1. The normalized spacial score (nSPS) is 22.0. The molecule has 2 fully saturated rings. The van der Waals surface area contributed by atoms with E-state index in [-0.39, 0.29) is 11.8 Å². The zero-order chi connectivity index (χ0) is 15.4. The van der Waals surface area contributed by atoms with Crippen LogP contribution in [0.2, 0.25) is 0 Å². The van der Waals surface area contributed by atoms with Gasteiger partial charge in [0.05, 0.1) is 5.92 Å². The molecular weight excluding hydrogens is 266 g/mol. The summed E-state index contributed by atoms with van der Waals surface area (Å²) in [5.74, 6) is -0.276. The van der Waals surface area contributed by atoms with Crippen LogP contribution in [0.4, 0.5) is 0 Å². The largest absolute Gasteiger partial charge is 0.481 e. The Morgan fingerprint density at radius 3 is 2.29 bits per heavy atom. The van der Waals surface area contributed by atoms with Gasteiger partial charge in [0, 0.05) is 18.5 Å². The molecular formula is C17H29NO3. The van der Waals surface area contributed by atoms with E-state index in [1.54, 1.807) is 6.92 Å². The molecule has 2 aliphatic rings. The summed E-state index contributed by atoms with van der Waals surface area (Å²) in [5, 5.41) is 9.10. The number of nitrogens with zero attached hydrogens (tertiary/aromatic N) is 1.